The Bertz CT molecular complexity index is 390. The van der Waals surface area contributed by atoms with Crippen LogP contribution in [-0.2, 0) is 16.1 Å². The molecule has 0 atom stereocenters. The zero-order valence-corrected chi connectivity index (χ0v) is 10.7. The molecule has 1 aliphatic rings. The van der Waals surface area contributed by atoms with Gasteiger partial charge in [-0.1, -0.05) is 0 Å². The molecule has 2 N–H and O–H groups in total. The van der Waals surface area contributed by atoms with E-state index in [4.69, 9.17) is 10.5 Å². The number of aromatic nitrogens is 1. The number of ether oxygens (including phenoxy) is 1. The van der Waals surface area contributed by atoms with Gasteiger partial charge in [0.05, 0.1) is 13.2 Å². The van der Waals surface area contributed by atoms with Gasteiger partial charge in [-0.3, -0.25) is 9.69 Å². The lowest BCUT2D eigenvalue weighted by molar-refractivity contribution is -0.144. The van der Waals surface area contributed by atoms with Gasteiger partial charge in [0.25, 0.3) is 0 Å². The fourth-order valence-electron chi connectivity index (χ4n) is 1.72. The van der Waals surface area contributed by atoms with Crippen molar-refractivity contribution in [1.29, 1.82) is 0 Å². The highest BCUT2D eigenvalue weighted by Gasteiger charge is 2.30. The van der Waals surface area contributed by atoms with Crippen molar-refractivity contribution < 1.29 is 9.53 Å². The summed E-state index contributed by atoms with van der Waals surface area (Å²) in [5.41, 5.74) is 5.59. The Morgan fingerprint density at radius 2 is 2.47 bits per heavy atom. The van der Waals surface area contributed by atoms with Crippen LogP contribution < -0.4 is 5.73 Å². The minimum absolute atomic E-state index is 0.156. The zero-order chi connectivity index (χ0) is 12.3. The molecule has 0 saturated heterocycles. The number of nitrogen functional groups attached to an aromatic ring is 1. The molecule has 94 valence electrons. The number of nitrogens with zero attached hydrogens (tertiary/aromatic N) is 2. The number of carbonyl (C=O) groups excluding carboxylic acids is 1. The second-order valence-corrected chi connectivity index (χ2v) is 5.25. The Kier molecular flexibility index (Phi) is 3.96. The maximum atomic E-state index is 11.5. The van der Waals surface area contributed by atoms with Crippen LogP contribution in [0.15, 0.2) is 6.20 Å². The van der Waals surface area contributed by atoms with Gasteiger partial charge in [-0.25, -0.2) is 4.98 Å². The summed E-state index contributed by atoms with van der Waals surface area (Å²) in [5, 5.41) is 0.576. The van der Waals surface area contributed by atoms with E-state index in [9.17, 15) is 4.79 Å². The lowest BCUT2D eigenvalue weighted by Crippen LogP contribution is -2.32. The number of hydrogen-bond donors (Lipinski definition) is 1. The van der Waals surface area contributed by atoms with Gasteiger partial charge in [0.2, 0.25) is 0 Å². The third-order valence-corrected chi connectivity index (χ3v) is 3.44. The number of rotatable bonds is 6. The van der Waals surface area contributed by atoms with Gasteiger partial charge in [0, 0.05) is 23.7 Å². The summed E-state index contributed by atoms with van der Waals surface area (Å²) in [4.78, 5) is 18.7. The van der Waals surface area contributed by atoms with E-state index < -0.39 is 0 Å². The summed E-state index contributed by atoms with van der Waals surface area (Å²) < 4.78 is 4.98. The summed E-state index contributed by atoms with van der Waals surface area (Å²) in [7, 11) is 0. The fraction of sp³-hybridized carbons (Fsp3) is 0.636. The summed E-state index contributed by atoms with van der Waals surface area (Å²) in [6, 6.07) is 0.516. The van der Waals surface area contributed by atoms with Crippen LogP contribution in [0.4, 0.5) is 5.13 Å². The van der Waals surface area contributed by atoms with Gasteiger partial charge < -0.3 is 10.5 Å². The van der Waals surface area contributed by atoms with Crippen molar-refractivity contribution in [2.24, 2.45) is 0 Å². The second-order valence-electron chi connectivity index (χ2n) is 4.11. The van der Waals surface area contributed by atoms with Crippen LogP contribution in [0.25, 0.3) is 0 Å². The molecule has 6 heteroatoms. The van der Waals surface area contributed by atoms with E-state index in [2.05, 4.69) is 9.88 Å². The highest BCUT2D eigenvalue weighted by molar-refractivity contribution is 7.15. The van der Waals surface area contributed by atoms with Crippen LogP contribution in [0, 0.1) is 0 Å². The molecule has 0 spiro atoms. The summed E-state index contributed by atoms with van der Waals surface area (Å²) in [5.74, 6) is -0.156. The molecule has 5 nitrogen and oxygen atoms in total. The molecule has 1 aromatic heterocycles. The van der Waals surface area contributed by atoms with Crippen LogP contribution in [0.5, 0.6) is 0 Å². The van der Waals surface area contributed by atoms with Gasteiger partial charge in [-0.05, 0) is 19.8 Å². The van der Waals surface area contributed by atoms with Crippen molar-refractivity contribution in [3.63, 3.8) is 0 Å². The molecule has 1 aromatic rings. The Hall–Kier alpha value is -1.14. The predicted molar refractivity (Wildman–Crippen MR) is 66.6 cm³/mol. The van der Waals surface area contributed by atoms with Crippen LogP contribution in [0.2, 0.25) is 0 Å². The quantitative estimate of drug-likeness (QED) is 0.775. The minimum Gasteiger partial charge on any atom is -0.465 e. The lowest BCUT2D eigenvalue weighted by atomic mass is 10.4. The first-order chi connectivity index (χ1) is 8.19. The molecule has 0 amide bonds. The highest BCUT2D eigenvalue weighted by atomic mass is 32.1. The first-order valence-corrected chi connectivity index (χ1v) is 6.60. The van der Waals surface area contributed by atoms with Gasteiger partial charge in [-0.15, -0.1) is 11.3 Å². The third kappa shape index (κ3) is 3.67. The summed E-state index contributed by atoms with van der Waals surface area (Å²) >= 11 is 1.47. The average molecular weight is 255 g/mol. The molecule has 0 aliphatic heterocycles. The largest absolute Gasteiger partial charge is 0.465 e. The zero-order valence-electron chi connectivity index (χ0n) is 9.89. The minimum atomic E-state index is -0.156. The Morgan fingerprint density at radius 3 is 3.00 bits per heavy atom. The topological polar surface area (TPSA) is 68.5 Å². The van der Waals surface area contributed by atoms with Crippen LogP contribution in [0.1, 0.15) is 24.6 Å². The first-order valence-electron chi connectivity index (χ1n) is 5.79. The number of anilines is 1. The normalized spacial score (nSPS) is 15.2. The number of esters is 1. The molecule has 2 rings (SSSR count). The second kappa shape index (κ2) is 5.46. The van der Waals surface area contributed by atoms with Crippen LogP contribution in [-0.4, -0.2) is 35.0 Å². The molecule has 17 heavy (non-hydrogen) atoms. The molecule has 1 aliphatic carbocycles. The predicted octanol–water partition coefficient (Wildman–Crippen LogP) is 1.25. The number of nitrogens with two attached hydrogens (primary N) is 1. The fourth-order valence-corrected chi connectivity index (χ4v) is 2.43. The van der Waals surface area contributed by atoms with E-state index in [1.165, 1.54) is 11.3 Å². The Balaban J connectivity index is 1.91. The average Bonchev–Trinajstić information content (AvgIpc) is 3.03. The van der Waals surface area contributed by atoms with Crippen molar-refractivity contribution in [3.8, 4) is 0 Å². The van der Waals surface area contributed by atoms with Crippen LogP contribution >= 0.6 is 11.3 Å². The first kappa shape index (κ1) is 12.3. The van der Waals surface area contributed by atoms with Crippen molar-refractivity contribution in [3.05, 3.63) is 11.1 Å². The van der Waals surface area contributed by atoms with E-state index in [-0.39, 0.29) is 5.97 Å². The van der Waals surface area contributed by atoms with Gasteiger partial charge in [-0.2, -0.15) is 0 Å². The standard InChI is InChI=1S/C11H17N3O2S/c1-2-16-10(15)7-14(8-3-4-8)6-9-5-13-11(12)17-9/h5,8H,2-4,6-7H2,1H3,(H2,12,13). The molecular formula is C11H17N3O2S. The molecule has 0 bridgehead atoms. The van der Waals surface area contributed by atoms with Gasteiger partial charge >= 0.3 is 5.97 Å². The molecule has 0 unspecified atom stereocenters. The maximum Gasteiger partial charge on any atom is 0.320 e. The molecule has 1 heterocycles. The van der Waals surface area contributed by atoms with Crippen molar-refractivity contribution in [1.82, 2.24) is 9.88 Å². The Morgan fingerprint density at radius 1 is 1.71 bits per heavy atom. The highest BCUT2D eigenvalue weighted by Crippen LogP contribution is 2.29. The summed E-state index contributed by atoms with van der Waals surface area (Å²) in [6.45, 7) is 3.35. The summed E-state index contributed by atoms with van der Waals surface area (Å²) in [6.07, 6.45) is 4.10. The van der Waals surface area contributed by atoms with Gasteiger partial charge in [0.15, 0.2) is 5.13 Å². The van der Waals surface area contributed by atoms with E-state index in [0.29, 0.717) is 24.3 Å². The number of hydrogen-bond acceptors (Lipinski definition) is 6. The smallest absolute Gasteiger partial charge is 0.320 e. The lowest BCUT2D eigenvalue weighted by Gasteiger charge is -2.19. The maximum absolute atomic E-state index is 11.5. The van der Waals surface area contributed by atoms with Gasteiger partial charge in [0.1, 0.15) is 0 Å². The van der Waals surface area contributed by atoms with Crippen molar-refractivity contribution in [2.45, 2.75) is 32.4 Å². The third-order valence-electron chi connectivity index (χ3n) is 2.63. The molecule has 0 radical (unpaired) electrons. The number of carbonyl (C=O) groups is 1. The van der Waals surface area contributed by atoms with E-state index >= 15 is 0 Å². The van der Waals surface area contributed by atoms with E-state index in [1.54, 1.807) is 6.20 Å². The van der Waals surface area contributed by atoms with E-state index in [0.717, 1.165) is 24.3 Å². The van der Waals surface area contributed by atoms with E-state index in [1.807, 2.05) is 6.92 Å². The molecule has 1 saturated carbocycles. The van der Waals surface area contributed by atoms with Crippen molar-refractivity contribution >= 4 is 22.4 Å². The number of thiazole rings is 1. The monoisotopic (exact) mass is 255 g/mol. The van der Waals surface area contributed by atoms with Crippen molar-refractivity contribution in [2.75, 3.05) is 18.9 Å². The SMILES string of the molecule is CCOC(=O)CN(Cc1cnc(N)s1)C1CC1. The van der Waals surface area contributed by atoms with Crippen LogP contribution in [0.3, 0.4) is 0 Å². The molecule has 0 aromatic carbocycles. The molecular weight excluding hydrogens is 238 g/mol. The Labute approximate surface area is 105 Å². The molecule has 1 fully saturated rings.